The van der Waals surface area contributed by atoms with Crippen LogP contribution in [-0.2, 0) is 32.6 Å². The minimum absolute atomic E-state index is 0.162. The summed E-state index contributed by atoms with van der Waals surface area (Å²) in [7, 11) is -2.24. The second-order valence-electron chi connectivity index (χ2n) is 8.88. The van der Waals surface area contributed by atoms with Crippen LogP contribution in [0.1, 0.15) is 22.3 Å². The van der Waals surface area contributed by atoms with Crippen molar-refractivity contribution in [2.45, 2.75) is 32.9 Å². The number of likely N-dealkylation sites (N-methyl/N-ethyl adjacent to an activating group) is 1. The molecule has 0 fully saturated rings. The number of carbonyl (C=O) groups excluding carboxylic acids is 2. The number of sulfonamides is 1. The Labute approximate surface area is 213 Å². The monoisotopic (exact) mass is 507 g/mol. The van der Waals surface area contributed by atoms with Crippen LogP contribution < -0.4 is 9.62 Å². The topological polar surface area (TPSA) is 86.8 Å². The van der Waals surface area contributed by atoms with Crippen molar-refractivity contribution in [3.05, 3.63) is 101 Å². The molecule has 0 aliphatic heterocycles. The number of rotatable bonds is 10. The first-order valence-electron chi connectivity index (χ1n) is 11.7. The summed E-state index contributed by atoms with van der Waals surface area (Å²) < 4.78 is 26.6. The third kappa shape index (κ3) is 6.95. The zero-order valence-electron chi connectivity index (χ0n) is 21.1. The fourth-order valence-corrected chi connectivity index (χ4v) is 4.96. The van der Waals surface area contributed by atoms with Gasteiger partial charge in [0.15, 0.2) is 0 Å². The van der Waals surface area contributed by atoms with Crippen LogP contribution in [0.2, 0.25) is 0 Å². The van der Waals surface area contributed by atoms with E-state index in [0.717, 1.165) is 32.8 Å². The predicted octanol–water partition coefficient (Wildman–Crippen LogP) is 3.46. The van der Waals surface area contributed by atoms with E-state index in [4.69, 9.17) is 0 Å². The van der Waals surface area contributed by atoms with Crippen molar-refractivity contribution in [2.75, 3.05) is 24.2 Å². The molecule has 0 aliphatic carbocycles. The summed E-state index contributed by atoms with van der Waals surface area (Å²) in [6.45, 7) is 3.51. The van der Waals surface area contributed by atoms with E-state index in [1.807, 2.05) is 67.6 Å². The molecule has 3 aromatic rings. The zero-order chi connectivity index (χ0) is 26.3. The van der Waals surface area contributed by atoms with Crippen LogP contribution in [0.15, 0.2) is 78.9 Å². The molecule has 3 aromatic carbocycles. The summed E-state index contributed by atoms with van der Waals surface area (Å²) >= 11 is 0. The summed E-state index contributed by atoms with van der Waals surface area (Å²) in [6, 6.07) is 23.4. The van der Waals surface area contributed by atoms with Crippen molar-refractivity contribution in [3.8, 4) is 0 Å². The van der Waals surface area contributed by atoms with Gasteiger partial charge in [0.2, 0.25) is 21.8 Å². The van der Waals surface area contributed by atoms with E-state index in [1.165, 1.54) is 11.9 Å². The fourth-order valence-electron chi connectivity index (χ4n) is 4.05. The van der Waals surface area contributed by atoms with Gasteiger partial charge in [-0.25, -0.2) is 8.42 Å². The highest BCUT2D eigenvalue weighted by molar-refractivity contribution is 7.92. The first kappa shape index (κ1) is 26.9. The summed E-state index contributed by atoms with van der Waals surface area (Å²) in [5.41, 5.74) is 3.98. The second kappa shape index (κ2) is 11.9. The summed E-state index contributed by atoms with van der Waals surface area (Å²) in [5, 5.41) is 2.68. The molecule has 0 saturated carbocycles. The summed E-state index contributed by atoms with van der Waals surface area (Å²) in [5.74, 6) is -0.783. The molecule has 2 amide bonds. The molecule has 1 N–H and O–H groups in total. The maximum absolute atomic E-state index is 13.8. The molecule has 1 atom stereocenters. The number of anilines is 1. The Morgan fingerprint density at radius 3 is 2.06 bits per heavy atom. The lowest BCUT2D eigenvalue weighted by Crippen LogP contribution is -2.53. The smallest absolute Gasteiger partial charge is 0.244 e. The van der Waals surface area contributed by atoms with Crippen molar-refractivity contribution in [1.29, 1.82) is 0 Å². The average molecular weight is 508 g/mol. The summed E-state index contributed by atoms with van der Waals surface area (Å²) in [6.07, 6.45) is 1.37. The third-order valence-electron chi connectivity index (χ3n) is 6.05. The number of amides is 2. The van der Waals surface area contributed by atoms with Crippen molar-refractivity contribution < 1.29 is 18.0 Å². The SMILES string of the molecule is CNC(=O)C(Cc1ccccc1)N(Cc1ccc(C)cc1)C(=O)CN(c1ccccc1C)S(C)(=O)=O. The van der Waals surface area contributed by atoms with Crippen molar-refractivity contribution in [3.63, 3.8) is 0 Å². The standard InChI is InChI=1S/C28H33N3O4S/c1-21-14-16-24(17-15-21)19-30(26(28(33)29-3)18-23-11-6-5-7-12-23)27(32)20-31(36(4,34)35)25-13-9-8-10-22(25)2/h5-17,26H,18-20H2,1-4H3,(H,29,33). The molecule has 190 valence electrons. The van der Waals surface area contributed by atoms with Gasteiger partial charge in [-0.15, -0.1) is 0 Å². The normalized spacial score (nSPS) is 12.0. The highest BCUT2D eigenvalue weighted by Gasteiger charge is 2.32. The van der Waals surface area contributed by atoms with Gasteiger partial charge >= 0.3 is 0 Å². The first-order valence-corrected chi connectivity index (χ1v) is 13.6. The van der Waals surface area contributed by atoms with E-state index >= 15 is 0 Å². The minimum Gasteiger partial charge on any atom is -0.357 e. The van der Waals surface area contributed by atoms with Crippen LogP contribution in [0.25, 0.3) is 0 Å². The van der Waals surface area contributed by atoms with Gasteiger partial charge in [0.1, 0.15) is 12.6 Å². The minimum atomic E-state index is -3.77. The predicted molar refractivity (Wildman–Crippen MR) is 143 cm³/mol. The third-order valence-corrected chi connectivity index (χ3v) is 7.18. The Morgan fingerprint density at radius 1 is 0.861 bits per heavy atom. The van der Waals surface area contributed by atoms with Crippen molar-refractivity contribution in [1.82, 2.24) is 10.2 Å². The number of para-hydroxylation sites is 1. The average Bonchev–Trinajstić information content (AvgIpc) is 2.85. The van der Waals surface area contributed by atoms with Crippen LogP contribution in [0.5, 0.6) is 0 Å². The quantitative estimate of drug-likeness (QED) is 0.455. The molecule has 0 heterocycles. The van der Waals surface area contributed by atoms with E-state index in [2.05, 4.69) is 5.32 Å². The van der Waals surface area contributed by atoms with Gasteiger partial charge in [-0.2, -0.15) is 0 Å². The van der Waals surface area contributed by atoms with Gasteiger partial charge < -0.3 is 10.2 Å². The van der Waals surface area contributed by atoms with E-state index in [-0.39, 0.29) is 12.5 Å². The van der Waals surface area contributed by atoms with E-state index in [1.54, 1.807) is 25.1 Å². The van der Waals surface area contributed by atoms with Gasteiger partial charge in [0.05, 0.1) is 11.9 Å². The Kier molecular flexibility index (Phi) is 8.88. The number of benzene rings is 3. The molecule has 7 nitrogen and oxygen atoms in total. The van der Waals surface area contributed by atoms with E-state index in [9.17, 15) is 18.0 Å². The zero-order valence-corrected chi connectivity index (χ0v) is 22.0. The first-order chi connectivity index (χ1) is 17.1. The Hall–Kier alpha value is -3.65. The molecule has 0 radical (unpaired) electrons. The maximum atomic E-state index is 13.8. The Balaban J connectivity index is 2.03. The molecule has 0 aromatic heterocycles. The molecule has 0 spiro atoms. The van der Waals surface area contributed by atoms with Crippen LogP contribution >= 0.6 is 0 Å². The molecule has 1 unspecified atom stereocenters. The van der Waals surface area contributed by atoms with Gasteiger partial charge in [-0.1, -0.05) is 78.4 Å². The van der Waals surface area contributed by atoms with E-state index < -0.39 is 28.5 Å². The van der Waals surface area contributed by atoms with Gasteiger partial charge in [0, 0.05) is 20.0 Å². The number of nitrogens with one attached hydrogen (secondary N) is 1. The van der Waals surface area contributed by atoms with Crippen LogP contribution in [0.4, 0.5) is 5.69 Å². The number of nitrogens with zero attached hydrogens (tertiary/aromatic N) is 2. The number of carbonyl (C=O) groups is 2. The van der Waals surface area contributed by atoms with Gasteiger partial charge in [-0.3, -0.25) is 13.9 Å². The maximum Gasteiger partial charge on any atom is 0.244 e. The Morgan fingerprint density at radius 2 is 1.47 bits per heavy atom. The molecular weight excluding hydrogens is 474 g/mol. The number of hydrogen-bond donors (Lipinski definition) is 1. The van der Waals surface area contributed by atoms with Gasteiger partial charge in [-0.05, 0) is 36.6 Å². The molecular formula is C28H33N3O4S. The van der Waals surface area contributed by atoms with Crippen LogP contribution in [-0.4, -0.2) is 51.0 Å². The van der Waals surface area contributed by atoms with Crippen molar-refractivity contribution in [2.24, 2.45) is 0 Å². The van der Waals surface area contributed by atoms with Gasteiger partial charge in [0.25, 0.3) is 0 Å². The lowest BCUT2D eigenvalue weighted by atomic mass is 10.0. The highest BCUT2D eigenvalue weighted by Crippen LogP contribution is 2.23. The molecule has 0 bridgehead atoms. The Bertz CT molecular complexity index is 1290. The summed E-state index contributed by atoms with van der Waals surface area (Å²) in [4.78, 5) is 28.4. The molecule has 0 aliphatic rings. The lowest BCUT2D eigenvalue weighted by molar-refractivity contribution is -0.139. The molecule has 3 rings (SSSR count). The lowest BCUT2D eigenvalue weighted by Gasteiger charge is -2.33. The van der Waals surface area contributed by atoms with Crippen molar-refractivity contribution >= 4 is 27.5 Å². The molecule has 8 heteroatoms. The fraction of sp³-hybridized carbons (Fsp3) is 0.286. The molecule has 0 saturated heterocycles. The highest BCUT2D eigenvalue weighted by atomic mass is 32.2. The number of aryl methyl sites for hydroxylation is 2. The second-order valence-corrected chi connectivity index (χ2v) is 10.8. The van der Waals surface area contributed by atoms with Crippen LogP contribution in [0.3, 0.4) is 0 Å². The molecule has 36 heavy (non-hydrogen) atoms. The van der Waals surface area contributed by atoms with Crippen LogP contribution in [0, 0.1) is 13.8 Å². The largest absolute Gasteiger partial charge is 0.357 e. The van der Waals surface area contributed by atoms with E-state index in [0.29, 0.717) is 12.1 Å². The number of hydrogen-bond acceptors (Lipinski definition) is 4.